The average molecular weight is 377 g/mol. The lowest BCUT2D eigenvalue weighted by molar-refractivity contribution is -0.131. The maximum atomic E-state index is 12.6. The van der Waals surface area contributed by atoms with Crippen molar-refractivity contribution in [2.24, 2.45) is 5.92 Å². The van der Waals surface area contributed by atoms with Crippen LogP contribution in [0.5, 0.6) is 0 Å². The second-order valence-electron chi connectivity index (χ2n) is 8.43. The van der Waals surface area contributed by atoms with E-state index in [2.05, 4.69) is 31.9 Å². The number of nitrogens with zero attached hydrogens (tertiary/aromatic N) is 5. The summed E-state index contributed by atoms with van der Waals surface area (Å²) in [4.78, 5) is 24.0. The van der Waals surface area contributed by atoms with Crippen LogP contribution in [0.1, 0.15) is 43.8 Å². The van der Waals surface area contributed by atoms with Crippen LogP contribution in [0.3, 0.4) is 0 Å². The number of piperazine rings is 1. The summed E-state index contributed by atoms with van der Waals surface area (Å²) in [6.07, 6.45) is 5.20. The van der Waals surface area contributed by atoms with Crippen LogP contribution >= 0.6 is 0 Å². The number of carbonyl (C=O) groups excluding carboxylic acids is 1. The van der Waals surface area contributed by atoms with Gasteiger partial charge in [0.1, 0.15) is 6.61 Å². The van der Waals surface area contributed by atoms with Crippen molar-refractivity contribution >= 4 is 5.91 Å². The topological polar surface area (TPSA) is 74.9 Å². The lowest BCUT2D eigenvalue weighted by Gasteiger charge is -2.49. The van der Waals surface area contributed by atoms with Gasteiger partial charge < -0.3 is 14.2 Å². The Morgan fingerprint density at radius 1 is 1.26 bits per heavy atom. The average Bonchev–Trinajstić information content (AvgIpc) is 3.40. The Morgan fingerprint density at radius 3 is 2.89 bits per heavy atom. The van der Waals surface area contributed by atoms with E-state index in [0.717, 1.165) is 51.5 Å². The van der Waals surface area contributed by atoms with Gasteiger partial charge in [-0.25, -0.2) is 0 Å². The minimum atomic E-state index is 0.0571. The molecular weight excluding hydrogens is 346 g/mol. The number of rotatable bonds is 6. The molecule has 1 unspecified atom stereocenters. The Hall–Kier alpha value is -1.51. The van der Waals surface area contributed by atoms with Crippen LogP contribution in [0, 0.1) is 5.92 Å². The number of aromatic nitrogens is 2. The van der Waals surface area contributed by atoms with Crippen molar-refractivity contribution in [3.63, 3.8) is 0 Å². The number of methoxy groups -OCH3 is 1. The fraction of sp³-hybridized carbons (Fsp3) is 0.842. The molecule has 150 valence electrons. The third kappa shape index (κ3) is 4.33. The summed E-state index contributed by atoms with van der Waals surface area (Å²) in [7, 11) is 3.84. The van der Waals surface area contributed by atoms with E-state index in [4.69, 9.17) is 9.26 Å². The van der Waals surface area contributed by atoms with E-state index in [0.29, 0.717) is 37.2 Å². The summed E-state index contributed by atoms with van der Waals surface area (Å²) in [5.41, 5.74) is 0.0571. The van der Waals surface area contributed by atoms with Crippen LogP contribution in [-0.2, 0) is 22.7 Å². The lowest BCUT2D eigenvalue weighted by atomic mass is 9.86. The number of ether oxygens (including phenoxy) is 1. The van der Waals surface area contributed by atoms with Crippen LogP contribution in [0.25, 0.3) is 0 Å². The van der Waals surface area contributed by atoms with E-state index in [1.165, 1.54) is 12.8 Å². The van der Waals surface area contributed by atoms with Crippen molar-refractivity contribution in [1.82, 2.24) is 24.8 Å². The molecule has 4 rings (SSSR count). The molecule has 1 spiro atoms. The standard InChI is InChI=1S/C19H31N5O3/c1-22-9-10-23(12-17-20-16(13-26-2)21-27-17)14-19(22)6-5-18(25)24(8-7-19)11-15-3-4-15/h15H,3-14H2,1-2H3. The molecule has 0 aromatic carbocycles. The molecule has 0 N–H and O–H groups in total. The first-order valence-electron chi connectivity index (χ1n) is 10.1. The molecule has 0 bridgehead atoms. The molecule has 2 aliphatic heterocycles. The molecule has 1 saturated carbocycles. The molecule has 1 amide bonds. The second kappa shape index (κ2) is 7.85. The van der Waals surface area contributed by atoms with Crippen LogP contribution in [-0.4, -0.2) is 83.2 Å². The molecule has 8 heteroatoms. The molecule has 0 radical (unpaired) electrons. The lowest BCUT2D eigenvalue weighted by Crippen LogP contribution is -2.60. The van der Waals surface area contributed by atoms with Crippen LogP contribution in [0.2, 0.25) is 0 Å². The molecule has 2 saturated heterocycles. The summed E-state index contributed by atoms with van der Waals surface area (Å²) < 4.78 is 10.4. The van der Waals surface area contributed by atoms with E-state index < -0.39 is 0 Å². The highest BCUT2D eigenvalue weighted by Gasteiger charge is 2.43. The van der Waals surface area contributed by atoms with Gasteiger partial charge in [-0.1, -0.05) is 5.16 Å². The van der Waals surface area contributed by atoms with E-state index >= 15 is 0 Å². The van der Waals surface area contributed by atoms with Gasteiger partial charge in [-0.15, -0.1) is 0 Å². The first kappa shape index (κ1) is 18.8. The molecule has 3 aliphatic rings. The van der Waals surface area contributed by atoms with Gasteiger partial charge >= 0.3 is 0 Å². The SMILES string of the molecule is COCc1noc(CN2CCN(C)C3(CCC(=O)N(CC4CC4)CC3)C2)n1. The maximum absolute atomic E-state index is 12.6. The minimum absolute atomic E-state index is 0.0571. The third-order valence-electron chi connectivity index (χ3n) is 6.40. The Kier molecular flexibility index (Phi) is 5.48. The van der Waals surface area contributed by atoms with Gasteiger partial charge in [0.2, 0.25) is 11.8 Å². The third-order valence-corrected chi connectivity index (χ3v) is 6.40. The molecular formula is C19H31N5O3. The quantitative estimate of drug-likeness (QED) is 0.735. The molecule has 1 aromatic heterocycles. The van der Waals surface area contributed by atoms with Crippen molar-refractivity contribution in [3.8, 4) is 0 Å². The molecule has 1 aromatic rings. The molecule has 3 fully saturated rings. The first-order chi connectivity index (χ1) is 13.1. The Morgan fingerprint density at radius 2 is 2.11 bits per heavy atom. The van der Waals surface area contributed by atoms with Crippen LogP contribution in [0.4, 0.5) is 0 Å². The van der Waals surface area contributed by atoms with Gasteiger partial charge in [0.25, 0.3) is 0 Å². The van der Waals surface area contributed by atoms with E-state index in [9.17, 15) is 4.79 Å². The predicted octanol–water partition coefficient (Wildman–Crippen LogP) is 1.12. The summed E-state index contributed by atoms with van der Waals surface area (Å²) in [6.45, 7) is 5.78. The number of likely N-dealkylation sites (tertiary alicyclic amines) is 1. The predicted molar refractivity (Wildman–Crippen MR) is 98.8 cm³/mol. The smallest absolute Gasteiger partial charge is 0.240 e. The highest BCUT2D eigenvalue weighted by Crippen LogP contribution is 2.35. The number of likely N-dealkylation sites (N-methyl/N-ethyl adjacent to an activating group) is 1. The molecule has 1 aliphatic carbocycles. The summed E-state index contributed by atoms with van der Waals surface area (Å²) in [6, 6.07) is 0. The zero-order chi connectivity index (χ0) is 18.9. The van der Waals surface area contributed by atoms with E-state index in [1.807, 2.05) is 0 Å². The number of amides is 1. The van der Waals surface area contributed by atoms with Gasteiger partial charge in [-0.3, -0.25) is 14.6 Å². The Labute approximate surface area is 160 Å². The van der Waals surface area contributed by atoms with Crippen molar-refractivity contribution in [2.45, 2.75) is 50.8 Å². The van der Waals surface area contributed by atoms with Gasteiger partial charge in [-0.2, -0.15) is 4.98 Å². The summed E-state index contributed by atoms with van der Waals surface area (Å²) >= 11 is 0. The zero-order valence-electron chi connectivity index (χ0n) is 16.5. The van der Waals surface area contributed by atoms with Gasteiger partial charge in [0.15, 0.2) is 5.82 Å². The summed E-state index contributed by atoms with van der Waals surface area (Å²) in [5.74, 6) is 2.32. The van der Waals surface area contributed by atoms with E-state index in [1.54, 1.807) is 7.11 Å². The Bertz CT molecular complexity index is 662. The largest absolute Gasteiger partial charge is 0.377 e. The van der Waals surface area contributed by atoms with Crippen LogP contribution in [0.15, 0.2) is 4.52 Å². The van der Waals surface area contributed by atoms with Crippen molar-refractivity contribution < 1.29 is 14.1 Å². The fourth-order valence-corrected chi connectivity index (χ4v) is 4.45. The van der Waals surface area contributed by atoms with Gasteiger partial charge in [0.05, 0.1) is 6.54 Å². The van der Waals surface area contributed by atoms with Crippen LogP contribution < -0.4 is 0 Å². The summed E-state index contributed by atoms with van der Waals surface area (Å²) in [5, 5.41) is 3.96. The van der Waals surface area contributed by atoms with Crippen molar-refractivity contribution in [3.05, 3.63) is 11.7 Å². The number of hydrogen-bond donors (Lipinski definition) is 0. The number of hydrogen-bond acceptors (Lipinski definition) is 7. The second-order valence-corrected chi connectivity index (χ2v) is 8.43. The minimum Gasteiger partial charge on any atom is -0.377 e. The highest BCUT2D eigenvalue weighted by atomic mass is 16.5. The van der Waals surface area contributed by atoms with Gasteiger partial charge in [-0.05, 0) is 38.6 Å². The van der Waals surface area contributed by atoms with Gasteiger partial charge in [0, 0.05) is 51.8 Å². The first-order valence-corrected chi connectivity index (χ1v) is 10.1. The molecule has 27 heavy (non-hydrogen) atoms. The number of carbonyl (C=O) groups is 1. The normalized spacial score (nSPS) is 28.1. The fourth-order valence-electron chi connectivity index (χ4n) is 4.45. The van der Waals surface area contributed by atoms with E-state index in [-0.39, 0.29) is 5.54 Å². The molecule has 8 nitrogen and oxygen atoms in total. The Balaban J connectivity index is 1.40. The highest BCUT2D eigenvalue weighted by molar-refractivity contribution is 5.76. The molecule has 3 heterocycles. The molecule has 1 atom stereocenters. The monoisotopic (exact) mass is 377 g/mol. The maximum Gasteiger partial charge on any atom is 0.240 e. The zero-order valence-corrected chi connectivity index (χ0v) is 16.5. The van der Waals surface area contributed by atoms with Crippen molar-refractivity contribution in [2.75, 3.05) is 46.9 Å². The van der Waals surface area contributed by atoms with Crippen molar-refractivity contribution in [1.29, 1.82) is 0 Å².